The SMILES string of the molecule is Cc1cc(C(c2ccccc2)c2ccccc2)c(N2C=CN(c3c(C(c4ccccc4)c4ccccc4)cccc3C(c3ccccc3)c3ccccc3)C2)c(C(c2ccccc2)c2ccccc2)c1. The van der Waals surface area contributed by atoms with Crippen molar-refractivity contribution in [1.82, 2.24) is 0 Å². The molecule has 70 heavy (non-hydrogen) atoms. The van der Waals surface area contributed by atoms with Gasteiger partial charge in [-0.05, 0) is 73.7 Å². The Morgan fingerprint density at radius 3 is 0.714 bits per heavy atom. The maximum atomic E-state index is 2.54. The molecule has 0 spiro atoms. The third-order valence-corrected chi connectivity index (χ3v) is 14.0. The van der Waals surface area contributed by atoms with E-state index in [1.165, 1.54) is 83.7 Å². The largest absolute Gasteiger partial charge is 0.327 e. The average molecular weight is 901 g/mol. The number of aryl methyl sites for hydroxylation is 1. The van der Waals surface area contributed by atoms with Crippen molar-refractivity contribution in [2.75, 3.05) is 16.5 Å². The van der Waals surface area contributed by atoms with Crippen molar-refractivity contribution in [3.63, 3.8) is 0 Å². The zero-order valence-corrected chi connectivity index (χ0v) is 39.5. The van der Waals surface area contributed by atoms with Gasteiger partial charge in [-0.15, -0.1) is 0 Å². The Kier molecular flexibility index (Phi) is 12.9. The summed E-state index contributed by atoms with van der Waals surface area (Å²) in [5.74, 6) is -0.124. The molecule has 0 saturated heterocycles. The van der Waals surface area contributed by atoms with Gasteiger partial charge >= 0.3 is 0 Å². The van der Waals surface area contributed by atoms with Crippen LogP contribution in [-0.2, 0) is 0 Å². The van der Waals surface area contributed by atoms with Gasteiger partial charge in [0.15, 0.2) is 0 Å². The summed E-state index contributed by atoms with van der Waals surface area (Å²) in [7, 11) is 0. The normalized spacial score (nSPS) is 12.4. The highest BCUT2D eigenvalue weighted by Crippen LogP contribution is 2.49. The highest BCUT2D eigenvalue weighted by molar-refractivity contribution is 5.76. The molecule has 338 valence electrons. The van der Waals surface area contributed by atoms with E-state index in [2.05, 4.69) is 302 Å². The molecule has 0 saturated carbocycles. The number of para-hydroxylation sites is 1. The van der Waals surface area contributed by atoms with Crippen LogP contribution < -0.4 is 9.80 Å². The number of hydrogen-bond acceptors (Lipinski definition) is 2. The van der Waals surface area contributed by atoms with E-state index in [0.717, 1.165) is 0 Å². The van der Waals surface area contributed by atoms with Gasteiger partial charge in [0.25, 0.3) is 0 Å². The number of anilines is 2. The molecule has 1 aliphatic heterocycles. The zero-order valence-electron chi connectivity index (χ0n) is 39.5. The first-order valence-corrected chi connectivity index (χ1v) is 24.6. The first-order valence-electron chi connectivity index (χ1n) is 24.6. The molecule has 0 bridgehead atoms. The Balaban J connectivity index is 1.16. The van der Waals surface area contributed by atoms with Crippen LogP contribution in [0.3, 0.4) is 0 Å². The maximum absolute atomic E-state index is 2.54. The standard InChI is InChI=1S/C68H56N2/c1-50-47-61(65(55-35-18-6-19-36-55)56-37-20-7-21-38-56)68(62(48-50)66(57-39-22-8-23-40-57)58-41-24-9-25-42-58)70-46-45-69(49-70)67-59(63(51-27-10-2-11-28-51)52-29-12-3-13-30-52)43-26-44-60(67)64(53-31-14-4-15-32-53)54-33-16-5-17-34-54/h2-48,63-66H,49H2,1H3. The molecule has 11 rings (SSSR count). The Morgan fingerprint density at radius 1 is 0.257 bits per heavy atom. The molecule has 0 aromatic heterocycles. The topological polar surface area (TPSA) is 6.48 Å². The third kappa shape index (κ3) is 9.00. The number of rotatable bonds is 14. The smallest absolute Gasteiger partial charge is 0.0989 e. The monoisotopic (exact) mass is 900 g/mol. The van der Waals surface area contributed by atoms with E-state index in [4.69, 9.17) is 0 Å². The molecule has 0 aliphatic carbocycles. The fourth-order valence-electron chi connectivity index (χ4n) is 11.1. The van der Waals surface area contributed by atoms with E-state index in [9.17, 15) is 0 Å². The van der Waals surface area contributed by atoms with Crippen LogP contribution in [0.15, 0.2) is 285 Å². The first-order chi connectivity index (χ1) is 34.7. The first kappa shape index (κ1) is 44.1. The van der Waals surface area contributed by atoms with Crippen molar-refractivity contribution < 1.29 is 0 Å². The molecule has 2 heteroatoms. The van der Waals surface area contributed by atoms with E-state index < -0.39 is 0 Å². The van der Waals surface area contributed by atoms with Crippen LogP contribution in [0.25, 0.3) is 0 Å². The Hall–Kier alpha value is -8.46. The van der Waals surface area contributed by atoms with Crippen LogP contribution >= 0.6 is 0 Å². The average Bonchev–Trinajstić information content (AvgIpc) is 3.91. The van der Waals surface area contributed by atoms with Gasteiger partial charge in [-0.3, -0.25) is 0 Å². The molecule has 10 aromatic rings. The number of hydrogen-bond donors (Lipinski definition) is 0. The fraction of sp³-hybridized carbons (Fsp3) is 0.0882. The molecule has 0 amide bonds. The maximum Gasteiger partial charge on any atom is 0.0989 e. The van der Waals surface area contributed by atoms with Gasteiger partial charge in [0, 0.05) is 36.1 Å². The minimum atomic E-state index is -0.0328. The minimum Gasteiger partial charge on any atom is -0.327 e. The second kappa shape index (κ2) is 20.4. The van der Waals surface area contributed by atoms with Crippen molar-refractivity contribution in [1.29, 1.82) is 0 Å². The Bertz CT molecular complexity index is 2920. The molecule has 2 nitrogen and oxygen atoms in total. The van der Waals surface area contributed by atoms with Gasteiger partial charge in [0.1, 0.15) is 0 Å². The Labute approximate surface area is 414 Å². The third-order valence-electron chi connectivity index (χ3n) is 14.0. The quantitative estimate of drug-likeness (QED) is 0.100. The van der Waals surface area contributed by atoms with Crippen molar-refractivity contribution in [3.8, 4) is 0 Å². The lowest BCUT2D eigenvalue weighted by atomic mass is 9.78. The van der Waals surface area contributed by atoms with Crippen LogP contribution in [0, 0.1) is 6.92 Å². The molecule has 0 N–H and O–H groups in total. The lowest BCUT2D eigenvalue weighted by Gasteiger charge is -2.35. The van der Waals surface area contributed by atoms with Crippen molar-refractivity contribution in [3.05, 3.63) is 358 Å². The van der Waals surface area contributed by atoms with Crippen LogP contribution in [0.5, 0.6) is 0 Å². The summed E-state index contributed by atoms with van der Waals surface area (Å²) in [5.41, 5.74) is 18.8. The summed E-state index contributed by atoms with van der Waals surface area (Å²) in [6.45, 7) is 2.87. The van der Waals surface area contributed by atoms with Gasteiger partial charge in [0.2, 0.25) is 0 Å². The van der Waals surface area contributed by atoms with Crippen LogP contribution in [0.2, 0.25) is 0 Å². The summed E-state index contributed by atoms with van der Waals surface area (Å²) in [6.07, 6.45) is 4.69. The molecule has 10 aromatic carbocycles. The number of benzene rings is 10. The van der Waals surface area contributed by atoms with Crippen molar-refractivity contribution in [2.24, 2.45) is 0 Å². The predicted molar refractivity (Wildman–Crippen MR) is 292 cm³/mol. The molecule has 0 atom stereocenters. The summed E-state index contributed by atoms with van der Waals surface area (Å²) in [5, 5.41) is 0. The molecule has 1 aliphatic rings. The summed E-state index contributed by atoms with van der Waals surface area (Å²) >= 11 is 0. The predicted octanol–water partition coefficient (Wildman–Crippen LogP) is 16.5. The lowest BCUT2D eigenvalue weighted by molar-refractivity contribution is 0.872. The Morgan fingerprint density at radius 2 is 0.471 bits per heavy atom. The van der Waals surface area contributed by atoms with Crippen molar-refractivity contribution >= 4 is 11.4 Å². The lowest BCUT2D eigenvalue weighted by Crippen LogP contribution is -2.29. The highest BCUT2D eigenvalue weighted by Gasteiger charge is 2.34. The van der Waals surface area contributed by atoms with Crippen LogP contribution in [0.4, 0.5) is 11.4 Å². The highest BCUT2D eigenvalue weighted by atomic mass is 15.3. The molecule has 1 heterocycles. The number of nitrogens with zero attached hydrogens (tertiary/aromatic N) is 2. The molecule has 0 radical (unpaired) electrons. The molecular weight excluding hydrogens is 845 g/mol. The van der Waals surface area contributed by atoms with Gasteiger partial charge in [-0.25, -0.2) is 0 Å². The van der Waals surface area contributed by atoms with E-state index in [0.29, 0.717) is 6.67 Å². The van der Waals surface area contributed by atoms with E-state index >= 15 is 0 Å². The van der Waals surface area contributed by atoms with Gasteiger partial charge in [-0.1, -0.05) is 279 Å². The fourth-order valence-corrected chi connectivity index (χ4v) is 11.1. The molecule has 0 fully saturated rings. The van der Waals surface area contributed by atoms with Crippen LogP contribution in [-0.4, -0.2) is 6.67 Å². The van der Waals surface area contributed by atoms with E-state index in [1.807, 2.05) is 0 Å². The van der Waals surface area contributed by atoms with E-state index in [-0.39, 0.29) is 23.7 Å². The minimum absolute atomic E-state index is 0.0291. The van der Waals surface area contributed by atoms with Gasteiger partial charge < -0.3 is 9.80 Å². The summed E-state index contributed by atoms with van der Waals surface area (Å²) < 4.78 is 0. The second-order valence-electron chi connectivity index (χ2n) is 18.5. The van der Waals surface area contributed by atoms with Crippen LogP contribution in [0.1, 0.15) is 96.0 Å². The van der Waals surface area contributed by atoms with Gasteiger partial charge in [0.05, 0.1) is 18.0 Å². The molecular formula is C68H56N2. The summed E-state index contributed by atoms with van der Waals surface area (Å²) in [6, 6.07) is 100. The second-order valence-corrected chi connectivity index (χ2v) is 18.5. The van der Waals surface area contributed by atoms with Crippen molar-refractivity contribution in [2.45, 2.75) is 30.6 Å². The summed E-state index contributed by atoms with van der Waals surface area (Å²) in [4.78, 5) is 5.08. The van der Waals surface area contributed by atoms with E-state index in [1.54, 1.807) is 0 Å². The molecule has 0 unspecified atom stereocenters. The zero-order chi connectivity index (χ0) is 47.1. The van der Waals surface area contributed by atoms with Gasteiger partial charge in [-0.2, -0.15) is 0 Å².